The first-order chi connectivity index (χ1) is 8.56. The first-order valence-electron chi connectivity index (χ1n) is 6.04. The van der Waals surface area contributed by atoms with Gasteiger partial charge in [0.1, 0.15) is 11.7 Å². The van der Waals surface area contributed by atoms with E-state index in [0.29, 0.717) is 6.42 Å². The van der Waals surface area contributed by atoms with Crippen LogP contribution in [0.15, 0.2) is 29.4 Å². The van der Waals surface area contributed by atoms with Crippen molar-refractivity contribution in [2.45, 2.75) is 38.8 Å². The Hall–Kier alpha value is -1.62. The second-order valence-electron chi connectivity index (χ2n) is 4.34. The van der Waals surface area contributed by atoms with Gasteiger partial charge in [-0.15, -0.1) is 0 Å². The molecule has 0 fully saturated rings. The van der Waals surface area contributed by atoms with Crippen molar-refractivity contribution in [3.8, 4) is 0 Å². The summed E-state index contributed by atoms with van der Waals surface area (Å²) in [5.74, 6) is -0.0496. The first kappa shape index (κ1) is 14.4. The Kier molecular flexibility index (Phi) is 5.58. The van der Waals surface area contributed by atoms with Crippen LogP contribution in [0.25, 0.3) is 0 Å². The Balaban J connectivity index is 2.64. The van der Waals surface area contributed by atoms with Crippen LogP contribution in [0.2, 0.25) is 0 Å². The zero-order valence-electron chi connectivity index (χ0n) is 10.7. The molecule has 0 aliphatic heterocycles. The largest absolute Gasteiger partial charge is 0.409 e. The van der Waals surface area contributed by atoms with Gasteiger partial charge in [0.05, 0.1) is 0 Å². The molecule has 0 saturated carbocycles. The van der Waals surface area contributed by atoms with Crippen molar-refractivity contribution in [2.24, 2.45) is 10.9 Å². The zero-order valence-corrected chi connectivity index (χ0v) is 10.7. The molecule has 0 amide bonds. The summed E-state index contributed by atoms with van der Waals surface area (Å²) < 4.78 is 13.1. The van der Waals surface area contributed by atoms with Gasteiger partial charge >= 0.3 is 0 Å². The van der Waals surface area contributed by atoms with Gasteiger partial charge in [-0.1, -0.05) is 24.2 Å². The Morgan fingerprint density at radius 3 is 2.83 bits per heavy atom. The third-order valence-electron chi connectivity index (χ3n) is 2.91. The summed E-state index contributed by atoms with van der Waals surface area (Å²) in [6.07, 6.45) is 1.31. The number of benzene rings is 1. The lowest BCUT2D eigenvalue weighted by molar-refractivity contribution is 0.315. The normalized spacial score (nSPS) is 15.4. The minimum absolute atomic E-state index is 0.0112. The minimum Gasteiger partial charge on any atom is -0.409 e. The van der Waals surface area contributed by atoms with Gasteiger partial charge in [0.15, 0.2) is 0 Å². The van der Waals surface area contributed by atoms with E-state index in [-0.39, 0.29) is 23.7 Å². The highest BCUT2D eigenvalue weighted by Gasteiger charge is 2.13. The zero-order chi connectivity index (χ0) is 13.5. The monoisotopic (exact) mass is 253 g/mol. The number of nitrogens with two attached hydrogens (primary N) is 1. The molecule has 1 aromatic rings. The molecular weight excluding hydrogens is 233 g/mol. The highest BCUT2D eigenvalue weighted by molar-refractivity contribution is 5.80. The first-order valence-corrected chi connectivity index (χ1v) is 6.04. The van der Waals surface area contributed by atoms with Crippen molar-refractivity contribution in [3.63, 3.8) is 0 Å². The smallest absolute Gasteiger partial charge is 0.140 e. The molecule has 5 heteroatoms. The number of halogens is 1. The predicted molar refractivity (Wildman–Crippen MR) is 70.1 cm³/mol. The fourth-order valence-electron chi connectivity index (χ4n) is 1.84. The molecule has 0 heterocycles. The molecule has 0 aliphatic carbocycles. The number of hydrogen-bond donors (Lipinski definition) is 3. The molecule has 0 aromatic heterocycles. The quantitative estimate of drug-likeness (QED) is 0.315. The summed E-state index contributed by atoms with van der Waals surface area (Å²) in [7, 11) is 0. The highest BCUT2D eigenvalue weighted by Crippen LogP contribution is 2.15. The molecule has 100 valence electrons. The van der Waals surface area contributed by atoms with Gasteiger partial charge < -0.3 is 16.3 Å². The van der Waals surface area contributed by atoms with E-state index in [1.54, 1.807) is 6.07 Å². The van der Waals surface area contributed by atoms with Crippen LogP contribution < -0.4 is 11.1 Å². The number of nitrogens with zero attached hydrogens (tertiary/aromatic N) is 1. The third kappa shape index (κ3) is 4.33. The molecular formula is C13H20FN3O. The average Bonchev–Trinajstić information content (AvgIpc) is 2.37. The maximum Gasteiger partial charge on any atom is 0.140 e. The van der Waals surface area contributed by atoms with Gasteiger partial charge in [-0.2, -0.15) is 0 Å². The van der Waals surface area contributed by atoms with Gasteiger partial charge in [0.2, 0.25) is 0 Å². The van der Waals surface area contributed by atoms with Crippen molar-refractivity contribution < 1.29 is 9.60 Å². The number of nitrogens with one attached hydrogen (secondary N) is 1. The Labute approximate surface area is 107 Å². The van der Waals surface area contributed by atoms with Gasteiger partial charge in [-0.25, -0.2) is 4.39 Å². The molecule has 0 radical (unpaired) electrons. The lowest BCUT2D eigenvalue weighted by atomic mass is 10.0. The fourth-order valence-corrected chi connectivity index (χ4v) is 1.84. The SMILES string of the molecule is CCC(C/C(N)=N/O)N[C@H](C)c1cccc(F)c1. The maximum atomic E-state index is 13.1. The molecule has 4 nitrogen and oxygen atoms in total. The van der Waals surface area contributed by atoms with Gasteiger partial charge in [-0.05, 0) is 31.0 Å². The van der Waals surface area contributed by atoms with Gasteiger partial charge in [0.25, 0.3) is 0 Å². The van der Waals surface area contributed by atoms with Crippen molar-refractivity contribution in [2.75, 3.05) is 0 Å². The molecule has 2 atom stereocenters. The Morgan fingerprint density at radius 1 is 1.56 bits per heavy atom. The number of rotatable bonds is 6. The lowest BCUT2D eigenvalue weighted by Gasteiger charge is -2.22. The van der Waals surface area contributed by atoms with Crippen LogP contribution in [0.4, 0.5) is 4.39 Å². The van der Waals surface area contributed by atoms with E-state index < -0.39 is 0 Å². The topological polar surface area (TPSA) is 70.6 Å². The summed E-state index contributed by atoms with van der Waals surface area (Å²) in [6, 6.07) is 6.60. The summed E-state index contributed by atoms with van der Waals surface area (Å²) in [4.78, 5) is 0. The lowest BCUT2D eigenvalue weighted by Crippen LogP contribution is -2.35. The van der Waals surface area contributed by atoms with Crippen molar-refractivity contribution in [1.82, 2.24) is 5.32 Å². The van der Waals surface area contributed by atoms with Crippen LogP contribution in [-0.2, 0) is 0 Å². The van der Waals surface area contributed by atoms with E-state index in [0.717, 1.165) is 12.0 Å². The van der Waals surface area contributed by atoms with Crippen molar-refractivity contribution >= 4 is 5.84 Å². The summed E-state index contributed by atoms with van der Waals surface area (Å²) >= 11 is 0. The van der Waals surface area contributed by atoms with Gasteiger partial charge in [-0.3, -0.25) is 0 Å². The predicted octanol–water partition coefficient (Wildman–Crippen LogP) is 2.39. The second-order valence-corrected chi connectivity index (χ2v) is 4.34. The van der Waals surface area contributed by atoms with Crippen molar-refractivity contribution in [3.05, 3.63) is 35.6 Å². The molecule has 0 bridgehead atoms. The number of amidine groups is 1. The van der Waals surface area contributed by atoms with E-state index >= 15 is 0 Å². The molecule has 0 spiro atoms. The summed E-state index contributed by atoms with van der Waals surface area (Å²) in [6.45, 7) is 3.98. The van der Waals surface area contributed by atoms with Crippen LogP contribution in [0, 0.1) is 5.82 Å². The minimum atomic E-state index is -0.245. The third-order valence-corrected chi connectivity index (χ3v) is 2.91. The second kappa shape index (κ2) is 6.96. The Bertz CT molecular complexity index is 409. The Morgan fingerprint density at radius 2 is 2.28 bits per heavy atom. The van der Waals surface area contributed by atoms with Crippen LogP contribution in [-0.4, -0.2) is 17.1 Å². The average molecular weight is 253 g/mol. The van der Waals surface area contributed by atoms with E-state index in [9.17, 15) is 4.39 Å². The molecule has 1 aromatic carbocycles. The molecule has 0 saturated heterocycles. The highest BCUT2D eigenvalue weighted by atomic mass is 19.1. The van der Waals surface area contributed by atoms with E-state index in [1.165, 1.54) is 12.1 Å². The maximum absolute atomic E-state index is 13.1. The van der Waals surface area contributed by atoms with E-state index in [2.05, 4.69) is 10.5 Å². The van der Waals surface area contributed by atoms with E-state index in [1.807, 2.05) is 19.9 Å². The number of oxime groups is 1. The summed E-state index contributed by atoms with van der Waals surface area (Å²) in [5, 5.41) is 14.9. The van der Waals surface area contributed by atoms with E-state index in [4.69, 9.17) is 10.9 Å². The molecule has 1 rings (SSSR count). The molecule has 18 heavy (non-hydrogen) atoms. The van der Waals surface area contributed by atoms with Crippen LogP contribution in [0.5, 0.6) is 0 Å². The van der Waals surface area contributed by atoms with Crippen LogP contribution in [0.3, 0.4) is 0 Å². The fraction of sp³-hybridized carbons (Fsp3) is 0.462. The summed E-state index contributed by atoms with van der Waals surface area (Å²) in [5.41, 5.74) is 6.37. The van der Waals surface area contributed by atoms with Crippen LogP contribution >= 0.6 is 0 Å². The van der Waals surface area contributed by atoms with Crippen LogP contribution in [0.1, 0.15) is 38.3 Å². The number of hydrogen-bond acceptors (Lipinski definition) is 3. The molecule has 1 unspecified atom stereocenters. The van der Waals surface area contributed by atoms with Crippen molar-refractivity contribution in [1.29, 1.82) is 0 Å². The van der Waals surface area contributed by atoms with Gasteiger partial charge in [0, 0.05) is 18.5 Å². The molecule has 0 aliphatic rings. The molecule has 4 N–H and O–H groups in total. The standard InChI is InChI=1S/C13H20FN3O/c1-3-12(8-13(15)17-18)16-9(2)10-5-4-6-11(14)7-10/h4-7,9,12,16,18H,3,8H2,1-2H3,(H2,15,17)/t9-,12?/m1/s1.